The van der Waals surface area contributed by atoms with Crippen LogP contribution in [0.5, 0.6) is 0 Å². The van der Waals surface area contributed by atoms with Crippen LogP contribution in [0.15, 0.2) is 42.5 Å². The molecule has 2 rings (SSSR count). The molecule has 0 heterocycles. The summed E-state index contributed by atoms with van der Waals surface area (Å²) in [5, 5.41) is 14.2. The molecule has 0 aliphatic heterocycles. The minimum Gasteiger partial charge on any atom is -0.382 e. The predicted molar refractivity (Wildman–Crippen MR) is 81.9 cm³/mol. The van der Waals surface area contributed by atoms with Crippen LogP contribution in [0.25, 0.3) is 0 Å². The van der Waals surface area contributed by atoms with E-state index in [2.05, 4.69) is 5.32 Å². The summed E-state index contributed by atoms with van der Waals surface area (Å²) in [5.41, 5.74) is 3.17. The number of aryl methyl sites for hydroxylation is 1. The maximum Gasteiger partial charge on any atom is 0.315 e. The molecule has 0 aromatic heterocycles. The second kappa shape index (κ2) is 5.61. The SMILES string of the molecule is CNc1cccc(N(C)c2ccccc2C)c1[N+](=O)[O-]. The molecule has 0 atom stereocenters. The molecule has 1 N–H and O–H groups in total. The van der Waals surface area contributed by atoms with E-state index >= 15 is 0 Å². The molecule has 0 spiro atoms. The smallest absolute Gasteiger partial charge is 0.315 e. The number of hydrogen-bond donors (Lipinski definition) is 1. The van der Waals surface area contributed by atoms with Crippen molar-refractivity contribution in [2.24, 2.45) is 0 Å². The molecular weight excluding hydrogens is 254 g/mol. The van der Waals surface area contributed by atoms with Crippen molar-refractivity contribution >= 4 is 22.7 Å². The Bertz CT molecular complexity index is 641. The van der Waals surface area contributed by atoms with Gasteiger partial charge in [0, 0.05) is 19.8 Å². The number of nitro benzene ring substituents is 1. The highest BCUT2D eigenvalue weighted by molar-refractivity contribution is 5.81. The van der Waals surface area contributed by atoms with Gasteiger partial charge in [-0.3, -0.25) is 10.1 Å². The normalized spacial score (nSPS) is 10.2. The third kappa shape index (κ3) is 2.42. The van der Waals surface area contributed by atoms with Crippen LogP contribution in [0.3, 0.4) is 0 Å². The first kappa shape index (κ1) is 13.9. The molecule has 2 aromatic rings. The van der Waals surface area contributed by atoms with Gasteiger partial charge in [-0.05, 0) is 30.7 Å². The van der Waals surface area contributed by atoms with Crippen LogP contribution in [-0.4, -0.2) is 19.0 Å². The van der Waals surface area contributed by atoms with Gasteiger partial charge in [-0.15, -0.1) is 0 Å². The van der Waals surface area contributed by atoms with Gasteiger partial charge in [0.2, 0.25) is 0 Å². The van der Waals surface area contributed by atoms with Gasteiger partial charge in [0.15, 0.2) is 0 Å². The molecule has 104 valence electrons. The molecule has 0 unspecified atom stereocenters. The number of nitrogens with zero attached hydrogens (tertiary/aromatic N) is 2. The summed E-state index contributed by atoms with van der Waals surface area (Å²) in [6.45, 7) is 1.99. The van der Waals surface area contributed by atoms with Gasteiger partial charge in [0.05, 0.1) is 4.92 Å². The van der Waals surface area contributed by atoms with E-state index in [9.17, 15) is 10.1 Å². The zero-order valence-electron chi connectivity index (χ0n) is 11.8. The van der Waals surface area contributed by atoms with Gasteiger partial charge in [-0.25, -0.2) is 0 Å². The number of nitro groups is 1. The van der Waals surface area contributed by atoms with E-state index in [4.69, 9.17) is 0 Å². The van der Waals surface area contributed by atoms with Crippen LogP contribution in [0.4, 0.5) is 22.7 Å². The quantitative estimate of drug-likeness (QED) is 0.680. The number of para-hydroxylation sites is 2. The van der Waals surface area contributed by atoms with Crippen molar-refractivity contribution in [2.45, 2.75) is 6.92 Å². The highest BCUT2D eigenvalue weighted by Gasteiger charge is 2.22. The molecule has 0 fully saturated rings. The Morgan fingerprint density at radius 1 is 1.10 bits per heavy atom. The van der Waals surface area contributed by atoms with E-state index in [1.165, 1.54) is 0 Å². The fourth-order valence-corrected chi connectivity index (χ4v) is 2.27. The largest absolute Gasteiger partial charge is 0.382 e. The molecule has 0 aliphatic carbocycles. The van der Waals surface area contributed by atoms with E-state index < -0.39 is 0 Å². The average Bonchev–Trinajstić information content (AvgIpc) is 2.46. The van der Waals surface area contributed by atoms with Gasteiger partial charge in [0.1, 0.15) is 11.4 Å². The molecule has 0 amide bonds. The minimum atomic E-state index is -0.351. The highest BCUT2D eigenvalue weighted by atomic mass is 16.6. The van der Waals surface area contributed by atoms with Crippen molar-refractivity contribution in [1.82, 2.24) is 0 Å². The summed E-state index contributed by atoms with van der Waals surface area (Å²) < 4.78 is 0. The van der Waals surface area contributed by atoms with Crippen LogP contribution in [0, 0.1) is 17.0 Å². The summed E-state index contributed by atoms with van der Waals surface area (Å²) >= 11 is 0. The van der Waals surface area contributed by atoms with E-state index in [1.807, 2.05) is 49.2 Å². The molecular formula is C15H17N3O2. The van der Waals surface area contributed by atoms with Gasteiger partial charge in [-0.1, -0.05) is 24.3 Å². The first-order valence-corrected chi connectivity index (χ1v) is 6.30. The number of anilines is 3. The van der Waals surface area contributed by atoms with Crippen LogP contribution < -0.4 is 10.2 Å². The third-order valence-electron chi connectivity index (χ3n) is 3.30. The molecule has 2 aromatic carbocycles. The molecule has 0 aliphatic rings. The van der Waals surface area contributed by atoms with Crippen molar-refractivity contribution in [3.8, 4) is 0 Å². The summed E-state index contributed by atoms with van der Waals surface area (Å²) in [7, 11) is 3.52. The summed E-state index contributed by atoms with van der Waals surface area (Å²) in [5.74, 6) is 0. The minimum absolute atomic E-state index is 0.0840. The second-order valence-corrected chi connectivity index (χ2v) is 4.53. The Labute approximate surface area is 118 Å². The van der Waals surface area contributed by atoms with Gasteiger partial charge < -0.3 is 10.2 Å². The summed E-state index contributed by atoms with van der Waals surface area (Å²) in [6, 6.07) is 13.1. The Hall–Kier alpha value is -2.56. The van der Waals surface area contributed by atoms with Gasteiger partial charge in [0.25, 0.3) is 0 Å². The second-order valence-electron chi connectivity index (χ2n) is 4.53. The summed E-state index contributed by atoms with van der Waals surface area (Å²) in [4.78, 5) is 12.9. The zero-order chi connectivity index (χ0) is 14.7. The van der Waals surface area contributed by atoms with Crippen molar-refractivity contribution in [3.05, 3.63) is 58.1 Å². The van der Waals surface area contributed by atoms with Crippen molar-refractivity contribution in [1.29, 1.82) is 0 Å². The van der Waals surface area contributed by atoms with E-state index in [-0.39, 0.29) is 10.6 Å². The monoisotopic (exact) mass is 271 g/mol. The lowest BCUT2D eigenvalue weighted by molar-refractivity contribution is -0.383. The summed E-state index contributed by atoms with van der Waals surface area (Å²) in [6.07, 6.45) is 0. The Morgan fingerprint density at radius 2 is 1.75 bits per heavy atom. The number of benzene rings is 2. The third-order valence-corrected chi connectivity index (χ3v) is 3.30. The van der Waals surface area contributed by atoms with Crippen molar-refractivity contribution in [2.75, 3.05) is 24.3 Å². The molecule has 5 heteroatoms. The number of nitrogens with one attached hydrogen (secondary N) is 1. The highest BCUT2D eigenvalue weighted by Crippen LogP contribution is 2.38. The topological polar surface area (TPSA) is 58.4 Å². The number of hydrogen-bond acceptors (Lipinski definition) is 4. The lowest BCUT2D eigenvalue weighted by Crippen LogP contribution is -2.13. The maximum atomic E-state index is 11.4. The molecule has 0 saturated heterocycles. The molecule has 0 radical (unpaired) electrons. The standard InChI is InChI=1S/C15H17N3O2/c1-11-7-4-5-9-13(11)17(3)14-10-6-8-12(16-2)15(14)18(19)20/h4-10,16H,1-3H3. The first-order chi connectivity index (χ1) is 9.56. The van der Waals surface area contributed by atoms with Crippen LogP contribution >= 0.6 is 0 Å². The molecule has 5 nitrogen and oxygen atoms in total. The molecule has 0 bridgehead atoms. The predicted octanol–water partition coefficient (Wildman–Crippen LogP) is 3.71. The lowest BCUT2D eigenvalue weighted by atomic mass is 10.1. The molecule has 20 heavy (non-hydrogen) atoms. The maximum absolute atomic E-state index is 11.4. The van der Waals surface area contributed by atoms with Crippen molar-refractivity contribution < 1.29 is 4.92 Å². The Balaban J connectivity index is 2.58. The Kier molecular flexibility index (Phi) is 3.89. The van der Waals surface area contributed by atoms with Crippen molar-refractivity contribution in [3.63, 3.8) is 0 Å². The number of rotatable bonds is 4. The Morgan fingerprint density at radius 3 is 2.35 bits per heavy atom. The van der Waals surface area contributed by atoms with Crippen LogP contribution in [0.1, 0.15) is 5.56 Å². The molecule has 0 saturated carbocycles. The van der Waals surface area contributed by atoms with Gasteiger partial charge >= 0.3 is 5.69 Å². The fourth-order valence-electron chi connectivity index (χ4n) is 2.27. The lowest BCUT2D eigenvalue weighted by Gasteiger charge is -2.22. The van der Waals surface area contributed by atoms with E-state index in [0.717, 1.165) is 11.3 Å². The van der Waals surface area contributed by atoms with E-state index in [0.29, 0.717) is 11.4 Å². The van der Waals surface area contributed by atoms with Crippen LogP contribution in [0.2, 0.25) is 0 Å². The first-order valence-electron chi connectivity index (χ1n) is 6.30. The zero-order valence-corrected chi connectivity index (χ0v) is 11.8. The fraction of sp³-hybridized carbons (Fsp3) is 0.200. The van der Waals surface area contributed by atoms with Gasteiger partial charge in [-0.2, -0.15) is 0 Å². The van der Waals surface area contributed by atoms with E-state index in [1.54, 1.807) is 19.2 Å². The average molecular weight is 271 g/mol. The van der Waals surface area contributed by atoms with Crippen LogP contribution in [-0.2, 0) is 0 Å².